The summed E-state index contributed by atoms with van der Waals surface area (Å²) in [5, 5.41) is 0. The van der Waals surface area contributed by atoms with E-state index in [9.17, 15) is 0 Å². The van der Waals surface area contributed by atoms with Crippen LogP contribution in [0, 0.1) is 6.92 Å². The average molecular weight is 325 g/mol. The summed E-state index contributed by atoms with van der Waals surface area (Å²) in [7, 11) is 3.40. The van der Waals surface area contributed by atoms with Gasteiger partial charge in [-0.05, 0) is 25.8 Å². The molecule has 5 nitrogen and oxygen atoms in total. The van der Waals surface area contributed by atoms with Gasteiger partial charge in [0.15, 0.2) is 0 Å². The van der Waals surface area contributed by atoms with Gasteiger partial charge in [0.25, 0.3) is 0 Å². The van der Waals surface area contributed by atoms with E-state index >= 15 is 0 Å². The number of aryl methyl sites for hydroxylation is 1. The fourth-order valence-corrected chi connectivity index (χ4v) is 4.10. The minimum Gasteiger partial charge on any atom is -0.497 e. The minimum atomic E-state index is 0.422. The average Bonchev–Trinajstić information content (AvgIpc) is 2.87. The van der Waals surface area contributed by atoms with E-state index < -0.39 is 0 Å². The summed E-state index contributed by atoms with van der Waals surface area (Å²) in [4.78, 5) is 11.7. The minimum absolute atomic E-state index is 0.422. The lowest BCUT2D eigenvalue weighted by Gasteiger charge is -2.35. The van der Waals surface area contributed by atoms with Gasteiger partial charge in [0.05, 0.1) is 19.9 Å². The van der Waals surface area contributed by atoms with Crippen LogP contribution >= 0.6 is 0 Å². The summed E-state index contributed by atoms with van der Waals surface area (Å²) < 4.78 is 10.9. The maximum atomic E-state index is 5.57. The molecule has 2 aliphatic heterocycles. The molecule has 126 valence electrons. The number of methoxy groups -OCH3 is 2. The topological polar surface area (TPSA) is 47.5 Å². The molecule has 24 heavy (non-hydrogen) atoms. The molecule has 4 rings (SSSR count). The molecule has 0 N–H and O–H groups in total. The first-order chi connectivity index (χ1) is 11.7. The van der Waals surface area contributed by atoms with Gasteiger partial charge in [-0.1, -0.05) is 6.07 Å². The Labute approximate surface area is 142 Å². The molecular weight excluding hydrogens is 302 g/mol. The zero-order chi connectivity index (χ0) is 16.7. The van der Waals surface area contributed by atoms with Crippen molar-refractivity contribution < 1.29 is 9.47 Å². The third kappa shape index (κ3) is 2.53. The first kappa shape index (κ1) is 15.4. The lowest BCUT2D eigenvalue weighted by molar-refractivity contribution is 0.164. The molecule has 0 saturated carbocycles. The van der Waals surface area contributed by atoms with Gasteiger partial charge in [0.2, 0.25) is 0 Å². The number of nitrogens with zero attached hydrogens (tertiary/aromatic N) is 3. The highest BCUT2D eigenvalue weighted by molar-refractivity contribution is 5.41. The third-order valence-corrected chi connectivity index (χ3v) is 5.30. The monoisotopic (exact) mass is 325 g/mol. The molecule has 2 atom stereocenters. The van der Waals surface area contributed by atoms with Gasteiger partial charge in [0, 0.05) is 48.4 Å². The van der Waals surface area contributed by atoms with E-state index in [4.69, 9.17) is 9.47 Å². The van der Waals surface area contributed by atoms with Gasteiger partial charge in [-0.2, -0.15) is 0 Å². The maximum absolute atomic E-state index is 5.57. The number of benzene rings is 1. The van der Waals surface area contributed by atoms with Gasteiger partial charge < -0.3 is 9.47 Å². The van der Waals surface area contributed by atoms with Crippen LogP contribution in [0.15, 0.2) is 24.4 Å². The van der Waals surface area contributed by atoms with Crippen molar-refractivity contribution in [3.8, 4) is 11.5 Å². The zero-order valence-electron chi connectivity index (χ0n) is 14.5. The number of fused-ring (bicyclic) bond motifs is 4. The number of rotatable bonds is 4. The molecule has 1 aromatic carbocycles. The van der Waals surface area contributed by atoms with E-state index in [0.29, 0.717) is 12.1 Å². The van der Waals surface area contributed by atoms with Crippen molar-refractivity contribution in [1.82, 2.24) is 14.9 Å². The van der Waals surface area contributed by atoms with Crippen molar-refractivity contribution >= 4 is 0 Å². The number of hydrogen-bond donors (Lipinski definition) is 0. The van der Waals surface area contributed by atoms with Gasteiger partial charge in [0.1, 0.15) is 17.3 Å². The second kappa shape index (κ2) is 6.06. The summed E-state index contributed by atoms with van der Waals surface area (Å²) in [5.74, 6) is 2.59. The third-order valence-electron chi connectivity index (χ3n) is 5.30. The molecular formula is C19H23N3O2. The largest absolute Gasteiger partial charge is 0.497 e. The van der Waals surface area contributed by atoms with Crippen LogP contribution < -0.4 is 9.47 Å². The lowest BCUT2D eigenvalue weighted by Crippen LogP contribution is -2.37. The van der Waals surface area contributed by atoms with Gasteiger partial charge in [-0.25, -0.2) is 9.97 Å². The number of ether oxygens (including phenoxy) is 2. The van der Waals surface area contributed by atoms with Crippen molar-refractivity contribution in [2.75, 3.05) is 14.2 Å². The molecule has 0 spiro atoms. The van der Waals surface area contributed by atoms with Crippen molar-refractivity contribution in [3.63, 3.8) is 0 Å². The zero-order valence-corrected chi connectivity index (χ0v) is 14.5. The van der Waals surface area contributed by atoms with E-state index in [1.165, 1.54) is 29.7 Å². The molecule has 1 aromatic heterocycles. The Morgan fingerprint density at radius 2 is 2.08 bits per heavy atom. The van der Waals surface area contributed by atoms with Crippen molar-refractivity contribution in [2.24, 2.45) is 0 Å². The first-order valence-electron chi connectivity index (χ1n) is 8.48. The molecule has 0 amide bonds. The SMILES string of the molecule is COc1ccc(CN2[C@H]3CC[C@H]2c2cnc(C)nc2C3)c(OC)c1. The smallest absolute Gasteiger partial charge is 0.127 e. The van der Waals surface area contributed by atoms with Crippen molar-refractivity contribution in [1.29, 1.82) is 0 Å². The molecule has 3 heterocycles. The number of aromatic nitrogens is 2. The molecule has 5 heteroatoms. The van der Waals surface area contributed by atoms with Crippen LogP contribution in [0.5, 0.6) is 11.5 Å². The second-order valence-corrected chi connectivity index (χ2v) is 6.62. The Morgan fingerprint density at radius 1 is 1.21 bits per heavy atom. The Balaban J connectivity index is 1.63. The Bertz CT molecular complexity index is 762. The summed E-state index contributed by atoms with van der Waals surface area (Å²) in [6.45, 7) is 2.85. The highest BCUT2D eigenvalue weighted by atomic mass is 16.5. The number of hydrogen-bond acceptors (Lipinski definition) is 5. The van der Waals surface area contributed by atoms with E-state index in [1.54, 1.807) is 14.2 Å². The van der Waals surface area contributed by atoms with Crippen LogP contribution in [0.25, 0.3) is 0 Å². The van der Waals surface area contributed by atoms with Crippen molar-refractivity contribution in [3.05, 3.63) is 47.0 Å². The van der Waals surface area contributed by atoms with E-state index in [0.717, 1.165) is 30.3 Å². The van der Waals surface area contributed by atoms with E-state index in [-0.39, 0.29) is 0 Å². The molecule has 0 aliphatic carbocycles. The summed E-state index contributed by atoms with van der Waals surface area (Å²) >= 11 is 0. The summed E-state index contributed by atoms with van der Waals surface area (Å²) in [6, 6.07) is 7.05. The quantitative estimate of drug-likeness (QED) is 0.864. The highest BCUT2D eigenvalue weighted by Crippen LogP contribution is 2.44. The van der Waals surface area contributed by atoms with E-state index in [1.807, 2.05) is 25.3 Å². The first-order valence-corrected chi connectivity index (χ1v) is 8.48. The molecule has 1 saturated heterocycles. The predicted molar refractivity (Wildman–Crippen MR) is 91.3 cm³/mol. The fourth-order valence-electron chi connectivity index (χ4n) is 4.10. The van der Waals surface area contributed by atoms with Crippen LogP contribution in [0.4, 0.5) is 0 Å². The van der Waals surface area contributed by atoms with Gasteiger partial charge >= 0.3 is 0 Å². The normalized spacial score (nSPS) is 22.3. The van der Waals surface area contributed by atoms with Gasteiger partial charge in [-0.3, -0.25) is 4.90 Å². The standard InChI is InChI=1S/C19H23N3O2/c1-12-20-10-16-17(21-12)8-14-5-7-18(16)22(14)11-13-4-6-15(23-2)9-19(13)24-3/h4,6,9-10,14,18H,5,7-8,11H2,1-3H3/t14-,18-/m0/s1. The second-order valence-electron chi connectivity index (χ2n) is 6.62. The van der Waals surface area contributed by atoms with Crippen LogP contribution in [0.2, 0.25) is 0 Å². The molecule has 0 radical (unpaired) electrons. The van der Waals surface area contributed by atoms with Gasteiger partial charge in [-0.15, -0.1) is 0 Å². The predicted octanol–water partition coefficient (Wildman–Crippen LogP) is 3.06. The van der Waals surface area contributed by atoms with E-state index in [2.05, 4.69) is 20.9 Å². The lowest BCUT2D eigenvalue weighted by atomic mass is 9.98. The Hall–Kier alpha value is -2.14. The Kier molecular flexibility index (Phi) is 3.88. The van der Waals surface area contributed by atoms with Crippen LogP contribution in [-0.4, -0.2) is 35.1 Å². The summed E-state index contributed by atoms with van der Waals surface area (Å²) in [5.41, 5.74) is 3.75. The molecule has 2 bridgehead atoms. The Morgan fingerprint density at radius 3 is 2.88 bits per heavy atom. The molecule has 1 fully saturated rings. The van der Waals surface area contributed by atoms with Crippen LogP contribution in [0.3, 0.4) is 0 Å². The molecule has 2 aromatic rings. The molecule has 0 unspecified atom stereocenters. The maximum Gasteiger partial charge on any atom is 0.127 e. The summed E-state index contributed by atoms with van der Waals surface area (Å²) in [6.07, 6.45) is 5.46. The fraction of sp³-hybridized carbons (Fsp3) is 0.474. The van der Waals surface area contributed by atoms with Crippen LogP contribution in [-0.2, 0) is 13.0 Å². The van der Waals surface area contributed by atoms with Crippen molar-refractivity contribution in [2.45, 2.75) is 44.8 Å². The van der Waals surface area contributed by atoms with Crippen LogP contribution in [0.1, 0.15) is 41.5 Å². The molecule has 2 aliphatic rings. The highest BCUT2D eigenvalue weighted by Gasteiger charge is 2.40.